The molecule has 2 aliphatic heterocycles. The Morgan fingerprint density at radius 2 is 1.84 bits per heavy atom. The zero-order chi connectivity index (χ0) is 22.2. The van der Waals surface area contributed by atoms with E-state index in [-0.39, 0.29) is 0 Å². The molecule has 4 heteroatoms. The molecule has 0 unspecified atom stereocenters. The average molecular weight is 429 g/mol. The number of anilines is 1. The van der Waals surface area contributed by atoms with Gasteiger partial charge in [-0.25, -0.2) is 4.98 Å². The van der Waals surface area contributed by atoms with Gasteiger partial charge in [-0.2, -0.15) is 0 Å². The molecular formula is C28H36N4. The van der Waals surface area contributed by atoms with Gasteiger partial charge < -0.3 is 9.47 Å². The van der Waals surface area contributed by atoms with Gasteiger partial charge in [0, 0.05) is 56.5 Å². The van der Waals surface area contributed by atoms with Crippen molar-refractivity contribution in [2.75, 3.05) is 37.6 Å². The summed E-state index contributed by atoms with van der Waals surface area (Å²) >= 11 is 0. The predicted octanol–water partition coefficient (Wildman–Crippen LogP) is 5.39. The molecule has 0 aliphatic carbocycles. The van der Waals surface area contributed by atoms with Gasteiger partial charge >= 0.3 is 0 Å². The van der Waals surface area contributed by atoms with Gasteiger partial charge in [-0.15, -0.1) is 0 Å². The molecule has 0 bridgehead atoms. The van der Waals surface area contributed by atoms with E-state index in [1.54, 1.807) is 5.56 Å². The van der Waals surface area contributed by atoms with Crippen molar-refractivity contribution in [3.63, 3.8) is 0 Å². The summed E-state index contributed by atoms with van der Waals surface area (Å²) in [6, 6.07) is 9.14. The maximum absolute atomic E-state index is 4.58. The third kappa shape index (κ3) is 4.09. The van der Waals surface area contributed by atoms with Crippen LogP contribution >= 0.6 is 0 Å². The lowest BCUT2D eigenvalue weighted by Gasteiger charge is -2.35. The van der Waals surface area contributed by atoms with Crippen molar-refractivity contribution in [2.24, 2.45) is 0 Å². The number of benzene rings is 1. The molecule has 3 aromatic rings. The van der Waals surface area contributed by atoms with Gasteiger partial charge in [0.1, 0.15) is 5.82 Å². The van der Waals surface area contributed by atoms with Crippen LogP contribution < -0.4 is 4.90 Å². The van der Waals surface area contributed by atoms with E-state index in [4.69, 9.17) is 0 Å². The van der Waals surface area contributed by atoms with E-state index < -0.39 is 0 Å². The minimum Gasteiger partial charge on any atom is -0.354 e. The molecule has 2 aliphatic rings. The maximum Gasteiger partial charge on any atom is 0.128 e. The van der Waals surface area contributed by atoms with Gasteiger partial charge in [-0.1, -0.05) is 11.6 Å². The molecule has 4 nitrogen and oxygen atoms in total. The summed E-state index contributed by atoms with van der Waals surface area (Å²) in [5.41, 5.74) is 10.1. The number of rotatable bonds is 5. The van der Waals surface area contributed by atoms with Crippen molar-refractivity contribution in [1.82, 2.24) is 14.5 Å². The van der Waals surface area contributed by atoms with Crippen molar-refractivity contribution in [2.45, 2.75) is 53.5 Å². The molecule has 0 N–H and O–H groups in total. The summed E-state index contributed by atoms with van der Waals surface area (Å²) in [6.07, 6.45) is 7.86. The summed E-state index contributed by atoms with van der Waals surface area (Å²) in [5, 5.41) is 1.50. The van der Waals surface area contributed by atoms with Crippen LogP contribution in [0.25, 0.3) is 17.0 Å². The topological polar surface area (TPSA) is 24.3 Å². The van der Waals surface area contributed by atoms with E-state index in [1.807, 2.05) is 6.20 Å². The number of aromatic nitrogens is 2. The molecular weight excluding hydrogens is 392 g/mol. The average Bonchev–Trinajstić information content (AvgIpc) is 3.04. The van der Waals surface area contributed by atoms with Crippen LogP contribution in [0, 0.1) is 13.8 Å². The highest BCUT2D eigenvalue weighted by Gasteiger charge is 2.22. The van der Waals surface area contributed by atoms with Gasteiger partial charge in [0.2, 0.25) is 0 Å². The molecule has 32 heavy (non-hydrogen) atoms. The second-order valence-corrected chi connectivity index (χ2v) is 9.89. The van der Waals surface area contributed by atoms with Gasteiger partial charge in [0.25, 0.3) is 0 Å². The van der Waals surface area contributed by atoms with Crippen LogP contribution in [0.1, 0.15) is 48.2 Å². The first-order valence-electron chi connectivity index (χ1n) is 12.2. The van der Waals surface area contributed by atoms with E-state index in [0.29, 0.717) is 0 Å². The highest BCUT2D eigenvalue weighted by molar-refractivity contribution is 5.91. The lowest BCUT2D eigenvalue weighted by Crippen LogP contribution is -2.47. The van der Waals surface area contributed by atoms with Gasteiger partial charge in [-0.3, -0.25) is 4.90 Å². The van der Waals surface area contributed by atoms with Crippen LogP contribution in [-0.2, 0) is 19.4 Å². The van der Waals surface area contributed by atoms with E-state index in [1.165, 1.54) is 58.2 Å². The minimum absolute atomic E-state index is 1.06. The van der Waals surface area contributed by atoms with Gasteiger partial charge in [-0.05, 0) is 93.5 Å². The Hall–Kier alpha value is -2.59. The summed E-state index contributed by atoms with van der Waals surface area (Å²) in [6.45, 7) is 15.5. The fourth-order valence-electron chi connectivity index (χ4n) is 5.59. The number of piperazine rings is 1. The first-order valence-corrected chi connectivity index (χ1v) is 12.2. The number of pyridine rings is 1. The van der Waals surface area contributed by atoms with Crippen LogP contribution in [0.3, 0.4) is 0 Å². The second-order valence-electron chi connectivity index (χ2n) is 9.89. The van der Waals surface area contributed by atoms with Crippen molar-refractivity contribution >= 4 is 22.8 Å². The molecule has 4 heterocycles. The first kappa shape index (κ1) is 21.3. The number of aryl methyl sites for hydroxylation is 3. The summed E-state index contributed by atoms with van der Waals surface area (Å²) in [4.78, 5) is 9.65. The summed E-state index contributed by atoms with van der Waals surface area (Å²) in [7, 11) is 0. The zero-order valence-electron chi connectivity index (χ0n) is 20.1. The molecule has 0 atom stereocenters. The fraction of sp³-hybridized carbons (Fsp3) is 0.464. The third-order valence-corrected chi connectivity index (χ3v) is 7.21. The van der Waals surface area contributed by atoms with Crippen LogP contribution in [0.2, 0.25) is 0 Å². The number of allylic oxidation sites excluding steroid dienone is 1. The van der Waals surface area contributed by atoms with Crippen LogP contribution in [0.5, 0.6) is 0 Å². The molecule has 5 rings (SSSR count). The fourth-order valence-corrected chi connectivity index (χ4v) is 5.59. The molecule has 0 spiro atoms. The van der Waals surface area contributed by atoms with Crippen LogP contribution in [-0.4, -0.2) is 47.2 Å². The number of hydrogen-bond donors (Lipinski definition) is 0. The predicted molar refractivity (Wildman–Crippen MR) is 136 cm³/mol. The van der Waals surface area contributed by atoms with Gasteiger partial charge in [0.05, 0.1) is 5.52 Å². The van der Waals surface area contributed by atoms with E-state index in [9.17, 15) is 0 Å². The van der Waals surface area contributed by atoms with Crippen LogP contribution in [0.4, 0.5) is 5.82 Å². The van der Waals surface area contributed by atoms with Gasteiger partial charge in [0.15, 0.2) is 0 Å². The van der Waals surface area contributed by atoms with Crippen molar-refractivity contribution in [1.29, 1.82) is 0 Å². The van der Waals surface area contributed by atoms with Crippen molar-refractivity contribution in [3.8, 4) is 0 Å². The highest BCUT2D eigenvalue weighted by atomic mass is 15.3. The standard InChI is InChI=1S/C28H36N4/c1-20(2)16-23-18-24-6-5-10-32-22(4)25(26(19-23)28(24)32)8-11-30-12-14-31(15-13-30)27-17-21(3)7-9-29-27/h7,9,16-19H,5-6,8,10-15H2,1-4H3. The normalized spacial score (nSPS) is 16.6. The lowest BCUT2D eigenvalue weighted by molar-refractivity contribution is 0.260. The third-order valence-electron chi connectivity index (χ3n) is 7.21. The van der Waals surface area contributed by atoms with E-state index in [0.717, 1.165) is 45.0 Å². The van der Waals surface area contributed by atoms with Crippen molar-refractivity contribution < 1.29 is 0 Å². The zero-order valence-corrected chi connectivity index (χ0v) is 20.1. The second kappa shape index (κ2) is 8.74. The smallest absolute Gasteiger partial charge is 0.128 e. The van der Waals surface area contributed by atoms with E-state index >= 15 is 0 Å². The molecule has 0 amide bonds. The Kier molecular flexibility index (Phi) is 5.81. The molecule has 1 saturated heterocycles. The molecule has 0 radical (unpaired) electrons. The Bertz CT molecular complexity index is 1160. The summed E-state index contributed by atoms with van der Waals surface area (Å²) in [5.74, 6) is 1.13. The maximum atomic E-state index is 4.58. The highest BCUT2D eigenvalue weighted by Crippen LogP contribution is 2.34. The van der Waals surface area contributed by atoms with E-state index in [2.05, 4.69) is 77.4 Å². The lowest BCUT2D eigenvalue weighted by atomic mass is 9.97. The first-order chi connectivity index (χ1) is 15.5. The SMILES string of the molecule is CC(C)=Cc1cc2c3c(c1)c(CCN1CCN(c4cc(C)ccn4)CC1)c(C)n3CCC2. The van der Waals surface area contributed by atoms with Crippen molar-refractivity contribution in [3.05, 3.63) is 64.0 Å². The number of hydrogen-bond acceptors (Lipinski definition) is 3. The molecule has 2 aromatic heterocycles. The monoisotopic (exact) mass is 428 g/mol. The molecule has 1 fully saturated rings. The quantitative estimate of drug-likeness (QED) is 0.545. The Morgan fingerprint density at radius 3 is 2.59 bits per heavy atom. The Balaban J connectivity index is 1.33. The minimum atomic E-state index is 1.06. The Labute approximate surface area is 192 Å². The Morgan fingerprint density at radius 1 is 1.03 bits per heavy atom. The molecule has 1 aromatic carbocycles. The van der Waals surface area contributed by atoms with Crippen LogP contribution in [0.15, 0.2) is 36.0 Å². The summed E-state index contributed by atoms with van der Waals surface area (Å²) < 4.78 is 2.59. The molecule has 168 valence electrons. The largest absolute Gasteiger partial charge is 0.354 e. The molecule has 0 saturated carbocycles. The number of nitrogens with zero attached hydrogens (tertiary/aromatic N) is 4.